The monoisotopic (exact) mass is 228 g/mol. The van der Waals surface area contributed by atoms with E-state index in [-0.39, 0.29) is 0 Å². The highest BCUT2D eigenvalue weighted by Crippen LogP contribution is 2.27. The Balaban J connectivity index is 2.44. The third-order valence-electron chi connectivity index (χ3n) is 3.68. The Labute approximate surface area is 99.2 Å². The Bertz CT molecular complexity index is 218. The molecule has 1 aliphatic rings. The van der Waals surface area contributed by atoms with Gasteiger partial charge in [0.15, 0.2) is 0 Å². The predicted octanol–water partition coefficient (Wildman–Crippen LogP) is 2.42. The summed E-state index contributed by atoms with van der Waals surface area (Å²) in [4.78, 5) is 3.10. The summed E-state index contributed by atoms with van der Waals surface area (Å²) in [6, 6.07) is 0.732. The number of nitrogens with two attached hydrogens (primary N) is 1. The molecular formula is C12H24N2S. The Morgan fingerprint density at radius 3 is 2.60 bits per heavy atom. The largest absolute Gasteiger partial charge is 0.393 e. The van der Waals surface area contributed by atoms with Gasteiger partial charge < -0.3 is 10.6 Å². The Morgan fingerprint density at radius 2 is 2.07 bits per heavy atom. The van der Waals surface area contributed by atoms with Gasteiger partial charge in [0.25, 0.3) is 0 Å². The number of hydrogen-bond donors (Lipinski definition) is 1. The zero-order chi connectivity index (χ0) is 11.4. The van der Waals surface area contributed by atoms with E-state index in [0.29, 0.717) is 10.9 Å². The van der Waals surface area contributed by atoms with E-state index in [4.69, 9.17) is 18.0 Å². The maximum Gasteiger partial charge on any atom is 0.0768 e. The molecule has 3 unspecified atom stereocenters. The lowest BCUT2D eigenvalue weighted by atomic mass is 9.85. The van der Waals surface area contributed by atoms with Gasteiger partial charge in [-0.1, -0.05) is 38.9 Å². The smallest absolute Gasteiger partial charge is 0.0768 e. The van der Waals surface area contributed by atoms with E-state index < -0.39 is 0 Å². The van der Waals surface area contributed by atoms with Crippen molar-refractivity contribution in [2.45, 2.75) is 45.6 Å². The van der Waals surface area contributed by atoms with Gasteiger partial charge in [-0.25, -0.2) is 0 Å². The molecular weight excluding hydrogens is 204 g/mol. The molecule has 0 radical (unpaired) electrons. The summed E-state index contributed by atoms with van der Waals surface area (Å²) in [5.74, 6) is 1.15. The first-order valence-corrected chi connectivity index (χ1v) is 6.42. The predicted molar refractivity (Wildman–Crippen MR) is 70.0 cm³/mol. The number of thiocarbonyl (C=S) groups is 1. The van der Waals surface area contributed by atoms with Crippen molar-refractivity contribution < 1.29 is 0 Å². The fourth-order valence-electron chi connectivity index (χ4n) is 2.61. The van der Waals surface area contributed by atoms with Crippen LogP contribution < -0.4 is 5.73 Å². The second-order valence-electron chi connectivity index (χ2n) is 5.07. The number of nitrogens with zero attached hydrogens (tertiary/aromatic N) is 1. The van der Waals surface area contributed by atoms with Crippen LogP contribution in [-0.4, -0.2) is 29.5 Å². The lowest BCUT2D eigenvalue weighted by Crippen LogP contribution is -2.42. The first-order chi connectivity index (χ1) is 7.02. The van der Waals surface area contributed by atoms with Crippen LogP contribution in [0.25, 0.3) is 0 Å². The maximum absolute atomic E-state index is 5.65. The van der Waals surface area contributed by atoms with Crippen molar-refractivity contribution in [3.63, 3.8) is 0 Å². The van der Waals surface area contributed by atoms with Crippen LogP contribution in [0.3, 0.4) is 0 Å². The fourth-order valence-corrected chi connectivity index (χ4v) is 2.68. The van der Waals surface area contributed by atoms with Crippen LogP contribution in [0.4, 0.5) is 0 Å². The zero-order valence-corrected chi connectivity index (χ0v) is 11.0. The highest BCUT2D eigenvalue weighted by Gasteiger charge is 2.25. The summed E-state index contributed by atoms with van der Waals surface area (Å²) in [5.41, 5.74) is 5.65. The van der Waals surface area contributed by atoms with Gasteiger partial charge in [0, 0.05) is 18.5 Å². The molecule has 1 saturated carbocycles. The zero-order valence-electron chi connectivity index (χ0n) is 10.2. The minimum absolute atomic E-state index is 0.333. The van der Waals surface area contributed by atoms with E-state index >= 15 is 0 Å². The van der Waals surface area contributed by atoms with E-state index in [1.807, 2.05) is 0 Å². The summed E-state index contributed by atoms with van der Waals surface area (Å²) in [5, 5.41) is 0. The third kappa shape index (κ3) is 3.72. The molecule has 3 atom stereocenters. The maximum atomic E-state index is 5.65. The number of hydrogen-bond acceptors (Lipinski definition) is 2. The van der Waals surface area contributed by atoms with Crippen LogP contribution in [-0.2, 0) is 0 Å². The minimum Gasteiger partial charge on any atom is -0.393 e. The van der Waals surface area contributed by atoms with E-state index in [9.17, 15) is 0 Å². The summed E-state index contributed by atoms with van der Waals surface area (Å²) in [7, 11) is 2.21. The molecule has 1 rings (SSSR count). The van der Waals surface area contributed by atoms with Crippen molar-refractivity contribution in [2.75, 3.05) is 13.6 Å². The molecule has 0 aromatic carbocycles. The molecule has 0 heterocycles. The summed E-state index contributed by atoms with van der Waals surface area (Å²) in [6.07, 6.45) is 5.48. The molecule has 0 saturated heterocycles. The highest BCUT2D eigenvalue weighted by molar-refractivity contribution is 7.80. The molecule has 15 heavy (non-hydrogen) atoms. The molecule has 0 amide bonds. The molecule has 0 bridgehead atoms. The molecule has 0 aromatic rings. The van der Waals surface area contributed by atoms with Crippen molar-refractivity contribution in [1.82, 2.24) is 4.90 Å². The molecule has 2 nitrogen and oxygen atoms in total. The average molecular weight is 228 g/mol. The lowest BCUT2D eigenvalue weighted by Gasteiger charge is -2.37. The van der Waals surface area contributed by atoms with Gasteiger partial charge in [0.1, 0.15) is 0 Å². The average Bonchev–Trinajstić information content (AvgIpc) is 2.18. The standard InChI is InChI=1S/C12H24N2S/c1-9-6-4-5-7-11(9)14(3)8-10(2)12(13)15/h9-11H,4-8H2,1-3H3,(H2,13,15). The first kappa shape index (κ1) is 12.9. The van der Waals surface area contributed by atoms with Crippen molar-refractivity contribution in [1.29, 1.82) is 0 Å². The Hall–Kier alpha value is -0.150. The van der Waals surface area contributed by atoms with E-state index in [0.717, 1.165) is 18.5 Å². The quantitative estimate of drug-likeness (QED) is 0.749. The van der Waals surface area contributed by atoms with Gasteiger partial charge in [-0.2, -0.15) is 0 Å². The van der Waals surface area contributed by atoms with Crippen molar-refractivity contribution in [2.24, 2.45) is 17.6 Å². The van der Waals surface area contributed by atoms with Crippen molar-refractivity contribution in [3.8, 4) is 0 Å². The molecule has 2 N–H and O–H groups in total. The Kier molecular flexibility index (Phi) is 5.00. The van der Waals surface area contributed by atoms with Crippen LogP contribution in [0, 0.1) is 11.8 Å². The van der Waals surface area contributed by atoms with Crippen molar-refractivity contribution >= 4 is 17.2 Å². The van der Waals surface area contributed by atoms with E-state index in [2.05, 4.69) is 25.8 Å². The molecule has 0 spiro atoms. The van der Waals surface area contributed by atoms with Gasteiger partial charge >= 0.3 is 0 Å². The Morgan fingerprint density at radius 1 is 1.47 bits per heavy atom. The number of rotatable bonds is 4. The summed E-state index contributed by atoms with van der Waals surface area (Å²) in [6.45, 7) is 5.49. The van der Waals surface area contributed by atoms with Gasteiger partial charge in [-0.3, -0.25) is 0 Å². The third-order valence-corrected chi connectivity index (χ3v) is 4.08. The molecule has 0 aromatic heterocycles. The van der Waals surface area contributed by atoms with Crippen LogP contribution >= 0.6 is 12.2 Å². The normalized spacial score (nSPS) is 29.1. The fraction of sp³-hybridized carbons (Fsp3) is 0.917. The van der Waals surface area contributed by atoms with Crippen LogP contribution in [0.2, 0.25) is 0 Å². The molecule has 88 valence electrons. The second kappa shape index (κ2) is 5.80. The molecule has 1 fully saturated rings. The molecule has 1 aliphatic carbocycles. The van der Waals surface area contributed by atoms with Crippen molar-refractivity contribution in [3.05, 3.63) is 0 Å². The van der Waals surface area contributed by atoms with Gasteiger partial charge in [-0.05, 0) is 25.8 Å². The van der Waals surface area contributed by atoms with Crippen LogP contribution in [0.5, 0.6) is 0 Å². The topological polar surface area (TPSA) is 29.3 Å². The van der Waals surface area contributed by atoms with Gasteiger partial charge in [0.2, 0.25) is 0 Å². The SMILES string of the molecule is CC(CN(C)C1CCCCC1C)C(N)=S. The summed E-state index contributed by atoms with van der Waals surface area (Å²) >= 11 is 5.02. The van der Waals surface area contributed by atoms with E-state index in [1.54, 1.807) is 0 Å². The minimum atomic E-state index is 0.333. The summed E-state index contributed by atoms with van der Waals surface area (Å²) < 4.78 is 0. The first-order valence-electron chi connectivity index (χ1n) is 6.02. The lowest BCUT2D eigenvalue weighted by molar-refractivity contribution is 0.133. The second-order valence-corrected chi connectivity index (χ2v) is 5.54. The van der Waals surface area contributed by atoms with Crippen LogP contribution in [0.15, 0.2) is 0 Å². The van der Waals surface area contributed by atoms with E-state index in [1.165, 1.54) is 25.7 Å². The van der Waals surface area contributed by atoms with Gasteiger partial charge in [0.05, 0.1) is 4.99 Å². The highest BCUT2D eigenvalue weighted by atomic mass is 32.1. The van der Waals surface area contributed by atoms with Crippen LogP contribution in [0.1, 0.15) is 39.5 Å². The van der Waals surface area contributed by atoms with Gasteiger partial charge in [-0.15, -0.1) is 0 Å². The molecule has 3 heteroatoms. The molecule has 0 aliphatic heterocycles.